The minimum atomic E-state index is -0.176. The topological polar surface area (TPSA) is 29.5 Å². The SMILES string of the molecule is CC1(C)CCCC(C)(/C=C/CO)O1. The second kappa shape index (κ2) is 3.81. The maximum Gasteiger partial charge on any atom is 0.0842 e. The highest BCUT2D eigenvalue weighted by Gasteiger charge is 2.35. The number of rotatable bonds is 2. The standard InChI is InChI=1S/C11H20O2/c1-10(2)6-4-7-11(3,13-10)8-5-9-12/h5,8,12H,4,6-7,9H2,1-3H3/b8-5+. The van der Waals surface area contributed by atoms with E-state index < -0.39 is 0 Å². The van der Waals surface area contributed by atoms with Crippen LogP contribution in [0, 0.1) is 0 Å². The molecular formula is C11H20O2. The van der Waals surface area contributed by atoms with Crippen molar-refractivity contribution in [2.75, 3.05) is 6.61 Å². The van der Waals surface area contributed by atoms with Crippen LogP contribution in [0.5, 0.6) is 0 Å². The summed E-state index contributed by atoms with van der Waals surface area (Å²) in [6, 6.07) is 0. The predicted molar refractivity (Wildman–Crippen MR) is 53.6 cm³/mol. The lowest BCUT2D eigenvalue weighted by Crippen LogP contribution is -2.42. The van der Waals surface area contributed by atoms with Crippen molar-refractivity contribution < 1.29 is 9.84 Å². The molecule has 2 nitrogen and oxygen atoms in total. The Morgan fingerprint density at radius 1 is 1.31 bits per heavy atom. The van der Waals surface area contributed by atoms with Crippen LogP contribution in [0.1, 0.15) is 40.0 Å². The van der Waals surface area contributed by atoms with Crippen molar-refractivity contribution in [3.8, 4) is 0 Å². The maximum absolute atomic E-state index is 8.70. The van der Waals surface area contributed by atoms with Crippen molar-refractivity contribution in [2.24, 2.45) is 0 Å². The molecule has 0 spiro atoms. The van der Waals surface area contributed by atoms with Crippen LogP contribution in [0.15, 0.2) is 12.2 Å². The number of aliphatic hydroxyl groups is 1. The van der Waals surface area contributed by atoms with Gasteiger partial charge in [0.05, 0.1) is 17.8 Å². The first kappa shape index (κ1) is 10.7. The third kappa shape index (κ3) is 3.12. The Bertz CT molecular complexity index is 196. The van der Waals surface area contributed by atoms with Crippen LogP contribution in [0.4, 0.5) is 0 Å². The lowest BCUT2D eigenvalue weighted by Gasteiger charge is -2.41. The molecule has 1 heterocycles. The zero-order chi connectivity index (χ0) is 9.95. The molecule has 0 aromatic heterocycles. The Morgan fingerprint density at radius 2 is 2.00 bits per heavy atom. The summed E-state index contributed by atoms with van der Waals surface area (Å²) in [5.74, 6) is 0. The van der Waals surface area contributed by atoms with Gasteiger partial charge in [-0.15, -0.1) is 0 Å². The van der Waals surface area contributed by atoms with E-state index in [1.807, 2.05) is 6.08 Å². The molecule has 1 fully saturated rings. The van der Waals surface area contributed by atoms with Crippen molar-refractivity contribution in [1.82, 2.24) is 0 Å². The molecule has 0 amide bonds. The lowest BCUT2D eigenvalue weighted by molar-refractivity contribution is -0.140. The third-order valence-electron chi connectivity index (χ3n) is 2.54. The second-order valence-electron chi connectivity index (χ2n) is 4.61. The Labute approximate surface area is 80.6 Å². The van der Waals surface area contributed by atoms with Crippen molar-refractivity contribution >= 4 is 0 Å². The van der Waals surface area contributed by atoms with Gasteiger partial charge in [-0.25, -0.2) is 0 Å². The van der Waals surface area contributed by atoms with Crippen LogP contribution < -0.4 is 0 Å². The molecule has 0 radical (unpaired) electrons. The first-order chi connectivity index (χ1) is 5.97. The summed E-state index contributed by atoms with van der Waals surface area (Å²) >= 11 is 0. The molecule has 1 saturated heterocycles. The van der Waals surface area contributed by atoms with Gasteiger partial charge in [-0.05, 0) is 40.0 Å². The van der Waals surface area contributed by atoms with Crippen LogP contribution >= 0.6 is 0 Å². The van der Waals surface area contributed by atoms with Gasteiger partial charge in [0.25, 0.3) is 0 Å². The Hall–Kier alpha value is -0.340. The Kier molecular flexibility index (Phi) is 3.14. The van der Waals surface area contributed by atoms with E-state index in [0.29, 0.717) is 0 Å². The summed E-state index contributed by atoms with van der Waals surface area (Å²) in [5, 5.41) is 8.70. The van der Waals surface area contributed by atoms with Gasteiger partial charge in [-0.1, -0.05) is 12.2 Å². The molecule has 13 heavy (non-hydrogen) atoms. The number of ether oxygens (including phenoxy) is 1. The molecule has 1 unspecified atom stereocenters. The van der Waals surface area contributed by atoms with E-state index in [4.69, 9.17) is 9.84 Å². The first-order valence-electron chi connectivity index (χ1n) is 4.96. The normalized spacial score (nSPS) is 33.8. The monoisotopic (exact) mass is 184 g/mol. The summed E-state index contributed by atoms with van der Waals surface area (Å²) in [7, 11) is 0. The van der Waals surface area contributed by atoms with Gasteiger partial charge in [0.15, 0.2) is 0 Å². The summed E-state index contributed by atoms with van der Waals surface area (Å²) in [4.78, 5) is 0. The van der Waals surface area contributed by atoms with Crippen LogP contribution in [0.25, 0.3) is 0 Å². The molecule has 0 bridgehead atoms. The largest absolute Gasteiger partial charge is 0.392 e. The second-order valence-corrected chi connectivity index (χ2v) is 4.61. The van der Waals surface area contributed by atoms with E-state index in [2.05, 4.69) is 20.8 Å². The minimum Gasteiger partial charge on any atom is -0.392 e. The smallest absolute Gasteiger partial charge is 0.0842 e. The fraction of sp³-hybridized carbons (Fsp3) is 0.818. The van der Waals surface area contributed by atoms with Crippen molar-refractivity contribution in [2.45, 2.75) is 51.2 Å². The van der Waals surface area contributed by atoms with E-state index in [1.165, 1.54) is 6.42 Å². The maximum atomic E-state index is 8.70. The fourth-order valence-corrected chi connectivity index (χ4v) is 2.02. The van der Waals surface area contributed by atoms with Crippen molar-refractivity contribution in [1.29, 1.82) is 0 Å². The molecule has 1 aliphatic heterocycles. The van der Waals surface area contributed by atoms with Crippen LogP contribution in [0.2, 0.25) is 0 Å². The molecule has 76 valence electrons. The average molecular weight is 184 g/mol. The predicted octanol–water partition coefficient (Wildman–Crippen LogP) is 2.27. The molecule has 1 N–H and O–H groups in total. The van der Waals surface area contributed by atoms with E-state index in [9.17, 15) is 0 Å². The minimum absolute atomic E-state index is 0.0210. The molecule has 0 aromatic rings. The number of aliphatic hydroxyl groups excluding tert-OH is 1. The van der Waals surface area contributed by atoms with Crippen molar-refractivity contribution in [3.63, 3.8) is 0 Å². The van der Waals surface area contributed by atoms with Gasteiger partial charge >= 0.3 is 0 Å². The summed E-state index contributed by atoms with van der Waals surface area (Å²) in [5.41, 5.74) is -0.197. The fourth-order valence-electron chi connectivity index (χ4n) is 2.02. The molecule has 0 aromatic carbocycles. The van der Waals surface area contributed by atoms with Crippen LogP contribution in [-0.4, -0.2) is 22.9 Å². The molecule has 1 aliphatic rings. The molecule has 0 aliphatic carbocycles. The average Bonchev–Trinajstić information content (AvgIpc) is 1.98. The van der Waals surface area contributed by atoms with E-state index in [0.717, 1.165) is 12.8 Å². The van der Waals surface area contributed by atoms with Crippen LogP contribution in [-0.2, 0) is 4.74 Å². The molecule has 2 heteroatoms. The Balaban J connectivity index is 2.63. The quantitative estimate of drug-likeness (QED) is 0.667. The Morgan fingerprint density at radius 3 is 2.54 bits per heavy atom. The summed E-state index contributed by atoms with van der Waals surface area (Å²) < 4.78 is 5.97. The highest BCUT2D eigenvalue weighted by atomic mass is 16.5. The van der Waals surface area contributed by atoms with Crippen molar-refractivity contribution in [3.05, 3.63) is 12.2 Å². The zero-order valence-electron chi connectivity index (χ0n) is 8.84. The van der Waals surface area contributed by atoms with Crippen LogP contribution in [0.3, 0.4) is 0 Å². The molecular weight excluding hydrogens is 164 g/mol. The zero-order valence-corrected chi connectivity index (χ0v) is 8.84. The third-order valence-corrected chi connectivity index (χ3v) is 2.54. The van der Waals surface area contributed by atoms with Gasteiger partial charge in [0, 0.05) is 0 Å². The molecule has 0 saturated carbocycles. The lowest BCUT2D eigenvalue weighted by atomic mass is 9.88. The summed E-state index contributed by atoms with van der Waals surface area (Å²) in [6.07, 6.45) is 7.11. The highest BCUT2D eigenvalue weighted by Crippen LogP contribution is 2.35. The van der Waals surface area contributed by atoms with Gasteiger partial charge in [0.1, 0.15) is 0 Å². The highest BCUT2D eigenvalue weighted by molar-refractivity contribution is 5.03. The number of hydrogen-bond donors (Lipinski definition) is 1. The first-order valence-corrected chi connectivity index (χ1v) is 4.96. The van der Waals surface area contributed by atoms with Gasteiger partial charge in [0.2, 0.25) is 0 Å². The number of hydrogen-bond acceptors (Lipinski definition) is 2. The van der Waals surface area contributed by atoms with Gasteiger partial charge in [-0.3, -0.25) is 0 Å². The molecule has 1 rings (SSSR count). The summed E-state index contributed by atoms with van der Waals surface area (Å²) in [6.45, 7) is 6.42. The van der Waals surface area contributed by atoms with Gasteiger partial charge in [-0.2, -0.15) is 0 Å². The van der Waals surface area contributed by atoms with E-state index in [1.54, 1.807) is 6.08 Å². The van der Waals surface area contributed by atoms with Gasteiger partial charge < -0.3 is 9.84 Å². The molecule has 1 atom stereocenters. The van der Waals surface area contributed by atoms with E-state index >= 15 is 0 Å². The van der Waals surface area contributed by atoms with E-state index in [-0.39, 0.29) is 17.8 Å².